The number of ketones is 2. The Morgan fingerprint density at radius 3 is 1.80 bits per heavy atom. The van der Waals surface area contributed by atoms with Crippen molar-refractivity contribution in [2.45, 2.75) is 111 Å². The molecule has 0 radical (unpaired) electrons. The van der Waals surface area contributed by atoms with Crippen molar-refractivity contribution < 1.29 is 24.0 Å². The maximum atomic E-state index is 12.4. The van der Waals surface area contributed by atoms with Gasteiger partial charge in [0.2, 0.25) is 17.7 Å². The van der Waals surface area contributed by atoms with Crippen LogP contribution in [0.2, 0.25) is 0 Å². The second-order valence-corrected chi connectivity index (χ2v) is 10.4. The number of carbonyl (C=O) groups excluding carboxylic acids is 5. The molecule has 0 aromatic rings. The molecular weight excluding hydrogens is 446 g/mol. The van der Waals surface area contributed by atoms with Gasteiger partial charge in [0.25, 0.3) is 0 Å². The van der Waals surface area contributed by atoms with Gasteiger partial charge in [0.1, 0.15) is 11.6 Å². The quantitative estimate of drug-likeness (QED) is 0.221. The molecule has 3 amide bonds. The van der Waals surface area contributed by atoms with Gasteiger partial charge < -0.3 is 16.0 Å². The molecule has 0 aromatic heterocycles. The Bertz CT molecular complexity index is 670. The van der Waals surface area contributed by atoms with Gasteiger partial charge in [0, 0.05) is 64.1 Å². The lowest BCUT2D eigenvalue weighted by molar-refractivity contribution is -0.129. The first kappa shape index (κ1) is 32.8. The van der Waals surface area contributed by atoms with Gasteiger partial charge in [-0.3, -0.25) is 24.0 Å². The van der Waals surface area contributed by atoms with E-state index in [1.54, 1.807) is 14.1 Å². The molecule has 1 atom stereocenters. The fourth-order valence-corrected chi connectivity index (χ4v) is 3.77. The first-order chi connectivity index (χ1) is 16.5. The first-order valence-corrected chi connectivity index (χ1v) is 13.2. The Kier molecular flexibility index (Phi) is 17.8. The van der Waals surface area contributed by atoms with E-state index in [-0.39, 0.29) is 47.0 Å². The van der Waals surface area contributed by atoms with Crippen molar-refractivity contribution in [3.8, 4) is 0 Å². The van der Waals surface area contributed by atoms with Crippen LogP contribution in [-0.2, 0) is 24.0 Å². The van der Waals surface area contributed by atoms with Gasteiger partial charge in [-0.1, -0.05) is 40.0 Å². The van der Waals surface area contributed by atoms with Crippen LogP contribution in [0.5, 0.6) is 0 Å². The topological polar surface area (TPSA) is 121 Å². The predicted molar refractivity (Wildman–Crippen MR) is 139 cm³/mol. The lowest BCUT2D eigenvalue weighted by atomic mass is 9.87. The molecular formula is C27H49N3O5. The van der Waals surface area contributed by atoms with Crippen LogP contribution < -0.4 is 16.0 Å². The molecule has 0 unspecified atom stereocenters. The van der Waals surface area contributed by atoms with Gasteiger partial charge in [-0.05, 0) is 38.5 Å². The van der Waals surface area contributed by atoms with Crippen molar-refractivity contribution in [2.75, 3.05) is 20.6 Å². The highest BCUT2D eigenvalue weighted by Gasteiger charge is 2.21. The lowest BCUT2D eigenvalue weighted by Gasteiger charge is -2.16. The molecule has 0 bridgehead atoms. The van der Waals surface area contributed by atoms with Gasteiger partial charge in [0.15, 0.2) is 0 Å². The maximum absolute atomic E-state index is 12.4. The summed E-state index contributed by atoms with van der Waals surface area (Å²) in [5.74, 6) is -0.105. The third-order valence-corrected chi connectivity index (χ3v) is 6.18. The van der Waals surface area contributed by atoms with Crippen molar-refractivity contribution >= 4 is 29.3 Å². The molecule has 0 rings (SSSR count). The van der Waals surface area contributed by atoms with Crippen molar-refractivity contribution in [3.05, 3.63) is 0 Å². The average molecular weight is 496 g/mol. The Morgan fingerprint density at radius 1 is 0.657 bits per heavy atom. The van der Waals surface area contributed by atoms with E-state index < -0.39 is 0 Å². The van der Waals surface area contributed by atoms with Crippen LogP contribution in [0.4, 0.5) is 0 Å². The number of nitrogens with one attached hydrogen (secondary N) is 3. The fourth-order valence-electron chi connectivity index (χ4n) is 3.77. The third kappa shape index (κ3) is 17.8. The van der Waals surface area contributed by atoms with E-state index in [2.05, 4.69) is 16.0 Å². The fraction of sp³-hybridized carbons (Fsp3) is 0.815. The molecule has 0 aliphatic heterocycles. The zero-order chi connectivity index (χ0) is 26.7. The molecule has 0 saturated carbocycles. The van der Waals surface area contributed by atoms with Crippen LogP contribution in [0, 0.1) is 11.3 Å². The molecule has 0 spiro atoms. The molecule has 35 heavy (non-hydrogen) atoms. The molecule has 0 heterocycles. The maximum Gasteiger partial charge on any atom is 0.223 e. The third-order valence-electron chi connectivity index (χ3n) is 6.18. The van der Waals surface area contributed by atoms with Crippen LogP contribution in [0.25, 0.3) is 0 Å². The Morgan fingerprint density at radius 2 is 1.23 bits per heavy atom. The number of Topliss-reactive ketones (excluding diaryl/α,β-unsaturated/α-hetero) is 2. The summed E-state index contributed by atoms with van der Waals surface area (Å²) in [5, 5.41) is 8.09. The van der Waals surface area contributed by atoms with E-state index in [0.717, 1.165) is 38.5 Å². The predicted octanol–water partition coefficient (Wildman–Crippen LogP) is 3.86. The number of amides is 3. The number of hydrogen-bond donors (Lipinski definition) is 3. The standard InChI is InChI=1S/C27H49N3O5/c1-27(2,3)23(32)16-9-7-6-8-15-22(31)20-21(26(35)29-5)14-12-13-19-30-25(34)18-11-10-17-24(33)28-4/h21H,6-20H2,1-5H3,(H,28,33)(H,29,35)(H,30,34)/t21-/m1/s1. The largest absolute Gasteiger partial charge is 0.359 e. The molecule has 0 aromatic carbocycles. The highest BCUT2D eigenvalue weighted by atomic mass is 16.2. The molecule has 8 nitrogen and oxygen atoms in total. The minimum Gasteiger partial charge on any atom is -0.359 e. The van der Waals surface area contributed by atoms with Gasteiger partial charge in [0.05, 0.1) is 0 Å². The van der Waals surface area contributed by atoms with E-state index in [9.17, 15) is 24.0 Å². The number of rotatable bonds is 20. The van der Waals surface area contributed by atoms with E-state index in [1.807, 2.05) is 20.8 Å². The SMILES string of the molecule is CNC(=O)CCCCC(=O)NCCCC[C@H](CC(=O)CCCCCCC(=O)C(C)(C)C)C(=O)NC. The highest BCUT2D eigenvalue weighted by Crippen LogP contribution is 2.20. The second kappa shape index (κ2) is 19.0. The summed E-state index contributed by atoms with van der Waals surface area (Å²) < 4.78 is 0. The monoisotopic (exact) mass is 495 g/mol. The van der Waals surface area contributed by atoms with Crippen LogP contribution in [-0.4, -0.2) is 49.9 Å². The zero-order valence-corrected chi connectivity index (χ0v) is 22.7. The minimum atomic E-state index is -0.336. The summed E-state index contributed by atoms with van der Waals surface area (Å²) in [7, 11) is 3.19. The summed E-state index contributed by atoms with van der Waals surface area (Å²) in [4.78, 5) is 59.6. The number of hydrogen-bond acceptors (Lipinski definition) is 5. The van der Waals surface area contributed by atoms with Crippen LogP contribution >= 0.6 is 0 Å². The average Bonchev–Trinajstić information content (AvgIpc) is 2.81. The zero-order valence-electron chi connectivity index (χ0n) is 22.7. The normalized spacial score (nSPS) is 12.0. The van der Waals surface area contributed by atoms with Gasteiger partial charge in [-0.15, -0.1) is 0 Å². The summed E-state index contributed by atoms with van der Waals surface area (Å²) in [5.41, 5.74) is -0.287. The van der Waals surface area contributed by atoms with Crippen LogP contribution in [0.3, 0.4) is 0 Å². The molecule has 202 valence electrons. The van der Waals surface area contributed by atoms with Crippen molar-refractivity contribution in [2.24, 2.45) is 11.3 Å². The van der Waals surface area contributed by atoms with Crippen molar-refractivity contribution in [1.29, 1.82) is 0 Å². The van der Waals surface area contributed by atoms with Crippen LogP contribution in [0.15, 0.2) is 0 Å². The summed E-state index contributed by atoms with van der Waals surface area (Å²) in [6.45, 7) is 6.35. The van der Waals surface area contributed by atoms with E-state index in [0.29, 0.717) is 51.5 Å². The molecule has 0 saturated heterocycles. The number of unbranched alkanes of at least 4 members (excludes halogenated alkanes) is 5. The Hall–Kier alpha value is -2.25. The minimum absolute atomic E-state index is 0.0149. The summed E-state index contributed by atoms with van der Waals surface area (Å²) in [6, 6.07) is 0. The molecule has 0 aliphatic rings. The lowest BCUT2D eigenvalue weighted by Crippen LogP contribution is -2.29. The van der Waals surface area contributed by atoms with Crippen LogP contribution in [0.1, 0.15) is 111 Å². The molecule has 3 N–H and O–H groups in total. The molecule has 0 aliphatic carbocycles. The van der Waals surface area contributed by atoms with E-state index in [1.165, 1.54) is 0 Å². The number of carbonyl (C=O) groups is 5. The molecule has 8 heteroatoms. The van der Waals surface area contributed by atoms with Crippen molar-refractivity contribution in [1.82, 2.24) is 16.0 Å². The van der Waals surface area contributed by atoms with Gasteiger partial charge in [-0.2, -0.15) is 0 Å². The first-order valence-electron chi connectivity index (χ1n) is 13.2. The van der Waals surface area contributed by atoms with Gasteiger partial charge in [-0.25, -0.2) is 0 Å². The van der Waals surface area contributed by atoms with Crippen molar-refractivity contribution in [3.63, 3.8) is 0 Å². The van der Waals surface area contributed by atoms with E-state index in [4.69, 9.17) is 0 Å². The smallest absolute Gasteiger partial charge is 0.223 e. The second-order valence-electron chi connectivity index (χ2n) is 10.4. The highest BCUT2D eigenvalue weighted by molar-refractivity contribution is 5.86. The summed E-state index contributed by atoms with van der Waals surface area (Å²) in [6.07, 6.45) is 9.13. The summed E-state index contributed by atoms with van der Waals surface area (Å²) >= 11 is 0. The Balaban J connectivity index is 4.03. The molecule has 0 fully saturated rings. The van der Waals surface area contributed by atoms with E-state index >= 15 is 0 Å². The Labute approximate surface area is 212 Å². The van der Waals surface area contributed by atoms with Gasteiger partial charge >= 0.3 is 0 Å².